The van der Waals surface area contributed by atoms with Crippen LogP contribution in [0.4, 0.5) is 5.13 Å². The summed E-state index contributed by atoms with van der Waals surface area (Å²) in [5.41, 5.74) is 0.827. The third kappa shape index (κ3) is 3.56. The number of hydrogen-bond donors (Lipinski definition) is 3. The lowest BCUT2D eigenvalue weighted by molar-refractivity contribution is 0.561. The summed E-state index contributed by atoms with van der Waals surface area (Å²) in [5, 5.41) is 11.6. The van der Waals surface area contributed by atoms with Crippen LogP contribution in [0.2, 0.25) is 0 Å². The molecule has 2 aromatic rings. The summed E-state index contributed by atoms with van der Waals surface area (Å²) in [4.78, 5) is 4.38. The van der Waals surface area contributed by atoms with Gasteiger partial charge in [0.25, 0.3) is 10.0 Å². The Morgan fingerprint density at radius 2 is 2.30 bits per heavy atom. The molecule has 0 radical (unpaired) electrons. The minimum Gasteiger partial charge on any atom is -0.309 e. The molecule has 2 aromatic heterocycles. The van der Waals surface area contributed by atoms with E-state index >= 15 is 0 Å². The second-order valence-electron chi connectivity index (χ2n) is 4.29. The van der Waals surface area contributed by atoms with Gasteiger partial charge in [-0.2, -0.15) is 5.10 Å². The van der Waals surface area contributed by atoms with Gasteiger partial charge in [-0.1, -0.05) is 6.92 Å². The molecule has 0 aliphatic heterocycles. The first-order valence-corrected chi connectivity index (χ1v) is 8.59. The number of nitrogens with zero attached hydrogens (tertiary/aromatic N) is 2. The number of sulfonamides is 1. The summed E-state index contributed by atoms with van der Waals surface area (Å²) in [5.74, 6) is 0. The third-order valence-electron chi connectivity index (χ3n) is 2.67. The number of H-pyrrole nitrogens is 1. The van der Waals surface area contributed by atoms with E-state index in [1.54, 1.807) is 0 Å². The molecule has 20 heavy (non-hydrogen) atoms. The van der Waals surface area contributed by atoms with Gasteiger partial charge in [0.05, 0.1) is 11.9 Å². The number of anilines is 1. The van der Waals surface area contributed by atoms with Crippen molar-refractivity contribution in [2.75, 3.05) is 11.3 Å². The van der Waals surface area contributed by atoms with Crippen LogP contribution in [0.25, 0.3) is 0 Å². The lowest BCUT2D eigenvalue weighted by Crippen LogP contribution is -2.19. The van der Waals surface area contributed by atoms with E-state index in [4.69, 9.17) is 0 Å². The minimum absolute atomic E-state index is 0.0893. The van der Waals surface area contributed by atoms with E-state index in [-0.39, 0.29) is 10.9 Å². The Hall–Kier alpha value is -1.45. The highest BCUT2D eigenvalue weighted by Gasteiger charge is 2.18. The van der Waals surface area contributed by atoms with Crippen molar-refractivity contribution in [2.24, 2.45) is 0 Å². The molecule has 2 heterocycles. The Morgan fingerprint density at radius 1 is 1.50 bits per heavy atom. The van der Waals surface area contributed by atoms with Crippen LogP contribution in [0.15, 0.2) is 22.7 Å². The molecular formula is C11H17N5O2S2. The predicted octanol–water partition coefficient (Wildman–Crippen LogP) is 1.73. The number of aromatic nitrogens is 3. The molecule has 7 nitrogen and oxygen atoms in total. The average molecular weight is 315 g/mol. The third-order valence-corrected chi connectivity index (χ3v) is 4.88. The number of rotatable bonds is 7. The second-order valence-corrected chi connectivity index (χ2v) is 6.83. The van der Waals surface area contributed by atoms with Gasteiger partial charge in [-0.25, -0.2) is 13.4 Å². The first-order chi connectivity index (χ1) is 9.53. The molecule has 0 amide bonds. The number of thiazole rings is 1. The van der Waals surface area contributed by atoms with E-state index in [0.29, 0.717) is 5.13 Å². The molecule has 0 fully saturated rings. The van der Waals surface area contributed by atoms with Crippen LogP contribution in [-0.4, -0.2) is 30.1 Å². The molecule has 0 aromatic carbocycles. The maximum atomic E-state index is 12.0. The quantitative estimate of drug-likeness (QED) is 0.722. The van der Waals surface area contributed by atoms with Crippen LogP contribution in [0.3, 0.4) is 0 Å². The standard InChI is InChI=1S/C11H17N5O2S2/c1-3-4-12-8(2)10-7-19-11(15-10)16-20(17,18)9-5-13-14-6-9/h5-8,12H,3-4H2,1-2H3,(H,13,14)(H,15,16). The van der Waals surface area contributed by atoms with Gasteiger partial charge < -0.3 is 5.32 Å². The summed E-state index contributed by atoms with van der Waals surface area (Å²) in [6, 6.07) is 0.0957. The van der Waals surface area contributed by atoms with E-state index in [9.17, 15) is 8.42 Å². The molecule has 9 heteroatoms. The first-order valence-electron chi connectivity index (χ1n) is 6.23. The highest BCUT2D eigenvalue weighted by Crippen LogP contribution is 2.23. The van der Waals surface area contributed by atoms with Crippen molar-refractivity contribution in [1.29, 1.82) is 0 Å². The SMILES string of the molecule is CCCNC(C)c1csc(NS(=O)(=O)c2cn[nH]c2)n1. The van der Waals surface area contributed by atoms with Crippen LogP contribution in [0, 0.1) is 0 Å². The highest BCUT2D eigenvalue weighted by atomic mass is 32.2. The Balaban J connectivity index is 2.06. The van der Waals surface area contributed by atoms with E-state index in [2.05, 4.69) is 32.1 Å². The largest absolute Gasteiger partial charge is 0.309 e. The molecule has 0 bridgehead atoms. The fraction of sp³-hybridized carbons (Fsp3) is 0.455. The van der Waals surface area contributed by atoms with Crippen molar-refractivity contribution < 1.29 is 8.42 Å². The summed E-state index contributed by atoms with van der Waals surface area (Å²) >= 11 is 1.26. The smallest absolute Gasteiger partial charge is 0.266 e. The van der Waals surface area contributed by atoms with Crippen LogP contribution in [0.5, 0.6) is 0 Å². The molecule has 0 saturated carbocycles. The molecule has 1 unspecified atom stereocenters. The lowest BCUT2D eigenvalue weighted by atomic mass is 10.2. The Kier molecular flexibility index (Phi) is 4.73. The van der Waals surface area contributed by atoms with Crippen molar-refractivity contribution in [3.63, 3.8) is 0 Å². The highest BCUT2D eigenvalue weighted by molar-refractivity contribution is 7.93. The zero-order valence-electron chi connectivity index (χ0n) is 11.3. The molecule has 0 saturated heterocycles. The molecule has 2 rings (SSSR count). The van der Waals surface area contributed by atoms with E-state index < -0.39 is 10.0 Å². The number of hydrogen-bond acceptors (Lipinski definition) is 6. The topological polar surface area (TPSA) is 99.8 Å². The van der Waals surface area contributed by atoms with Gasteiger partial charge in [0.1, 0.15) is 4.90 Å². The summed E-state index contributed by atoms with van der Waals surface area (Å²) in [6.07, 6.45) is 3.61. The van der Waals surface area contributed by atoms with Crippen molar-refractivity contribution >= 4 is 26.5 Å². The Bertz CT molecular complexity index is 636. The first kappa shape index (κ1) is 14.9. The van der Waals surface area contributed by atoms with Crippen molar-refractivity contribution in [1.82, 2.24) is 20.5 Å². The monoisotopic (exact) mass is 315 g/mol. The van der Waals surface area contributed by atoms with Crippen molar-refractivity contribution in [3.8, 4) is 0 Å². The minimum atomic E-state index is -3.62. The average Bonchev–Trinajstić information content (AvgIpc) is 3.06. The van der Waals surface area contributed by atoms with Crippen molar-refractivity contribution in [3.05, 3.63) is 23.5 Å². The number of aromatic amines is 1. The Labute approximate surface area is 121 Å². The van der Waals surface area contributed by atoms with Crippen LogP contribution in [-0.2, 0) is 10.0 Å². The Morgan fingerprint density at radius 3 is 2.95 bits per heavy atom. The normalized spacial score (nSPS) is 13.3. The number of nitrogens with one attached hydrogen (secondary N) is 3. The molecule has 3 N–H and O–H groups in total. The predicted molar refractivity (Wildman–Crippen MR) is 78.2 cm³/mol. The lowest BCUT2D eigenvalue weighted by Gasteiger charge is -2.09. The van der Waals surface area contributed by atoms with Gasteiger partial charge in [0, 0.05) is 17.6 Å². The van der Waals surface area contributed by atoms with Crippen LogP contribution >= 0.6 is 11.3 Å². The summed E-state index contributed by atoms with van der Waals surface area (Å²) < 4.78 is 26.4. The molecule has 0 aliphatic carbocycles. The molecule has 110 valence electrons. The van der Waals surface area contributed by atoms with E-state index in [0.717, 1.165) is 18.7 Å². The molecule has 0 spiro atoms. The van der Waals surface area contributed by atoms with E-state index in [1.165, 1.54) is 23.7 Å². The zero-order chi connectivity index (χ0) is 14.6. The molecular weight excluding hydrogens is 298 g/mol. The van der Waals surface area contributed by atoms with Gasteiger partial charge in [-0.15, -0.1) is 11.3 Å². The van der Waals surface area contributed by atoms with Crippen molar-refractivity contribution in [2.45, 2.75) is 31.2 Å². The molecule has 0 aliphatic rings. The van der Waals surface area contributed by atoms with Crippen LogP contribution < -0.4 is 10.0 Å². The maximum Gasteiger partial charge on any atom is 0.266 e. The fourth-order valence-electron chi connectivity index (χ4n) is 1.56. The van der Waals surface area contributed by atoms with Crippen LogP contribution in [0.1, 0.15) is 32.0 Å². The zero-order valence-corrected chi connectivity index (χ0v) is 12.9. The fourth-order valence-corrected chi connectivity index (χ4v) is 3.52. The van der Waals surface area contributed by atoms with Gasteiger partial charge in [-0.3, -0.25) is 9.82 Å². The second kappa shape index (κ2) is 6.33. The van der Waals surface area contributed by atoms with Gasteiger partial charge >= 0.3 is 0 Å². The van der Waals surface area contributed by atoms with Gasteiger partial charge in [-0.05, 0) is 19.9 Å². The summed E-state index contributed by atoms with van der Waals surface area (Å²) in [6.45, 7) is 4.99. The summed E-state index contributed by atoms with van der Waals surface area (Å²) in [7, 11) is -3.62. The molecule has 1 atom stereocenters. The maximum absolute atomic E-state index is 12.0. The van der Waals surface area contributed by atoms with E-state index in [1.807, 2.05) is 12.3 Å². The van der Waals surface area contributed by atoms with Gasteiger partial charge in [0.2, 0.25) is 0 Å². The van der Waals surface area contributed by atoms with Gasteiger partial charge in [0.15, 0.2) is 5.13 Å².